The van der Waals surface area contributed by atoms with E-state index in [0.717, 1.165) is 24.4 Å². The van der Waals surface area contributed by atoms with Crippen LogP contribution in [0.1, 0.15) is 25.2 Å². The summed E-state index contributed by atoms with van der Waals surface area (Å²) in [6.45, 7) is 5.06. The van der Waals surface area contributed by atoms with Crippen molar-refractivity contribution in [3.05, 3.63) is 47.8 Å². The smallest absolute Gasteiger partial charge is 0.138 e. The molecule has 1 unspecified atom stereocenters. The monoisotopic (exact) mass is 290 g/mol. The molecule has 2 rings (SSSR count). The molecule has 0 aliphatic heterocycles. The van der Waals surface area contributed by atoms with E-state index in [9.17, 15) is 4.39 Å². The maximum Gasteiger partial charge on any atom is 0.138 e. The van der Waals surface area contributed by atoms with Crippen LogP contribution >= 0.6 is 0 Å². The first kappa shape index (κ1) is 15.6. The predicted octanol–water partition coefficient (Wildman–Crippen LogP) is 2.35. The van der Waals surface area contributed by atoms with E-state index in [1.54, 1.807) is 17.1 Å². The highest BCUT2D eigenvalue weighted by molar-refractivity contribution is 5.18. The zero-order chi connectivity index (χ0) is 15.2. The maximum atomic E-state index is 13.9. The summed E-state index contributed by atoms with van der Waals surface area (Å²) in [5.41, 5.74) is 0.759. The highest BCUT2D eigenvalue weighted by Crippen LogP contribution is 2.16. The maximum absolute atomic E-state index is 13.9. The molecule has 1 aromatic heterocycles. The largest absolute Gasteiger partial charge is 0.314 e. The topological polar surface area (TPSA) is 42.7 Å². The Bertz CT molecular complexity index is 565. The average molecular weight is 290 g/mol. The lowest BCUT2D eigenvalue weighted by atomic mass is 9.95. The Kier molecular flexibility index (Phi) is 5.44. The summed E-state index contributed by atoms with van der Waals surface area (Å²) < 4.78 is 15.6. The molecule has 0 saturated heterocycles. The van der Waals surface area contributed by atoms with E-state index in [-0.39, 0.29) is 11.7 Å². The van der Waals surface area contributed by atoms with Crippen molar-refractivity contribution in [3.8, 4) is 0 Å². The first-order chi connectivity index (χ1) is 10.1. The second kappa shape index (κ2) is 7.31. The van der Waals surface area contributed by atoms with Crippen LogP contribution in [0, 0.1) is 11.7 Å². The van der Waals surface area contributed by atoms with Crippen LogP contribution in [0.2, 0.25) is 0 Å². The second-order valence-corrected chi connectivity index (χ2v) is 5.73. The predicted molar refractivity (Wildman–Crippen MR) is 81.4 cm³/mol. The van der Waals surface area contributed by atoms with E-state index in [0.29, 0.717) is 12.5 Å². The Morgan fingerprint density at radius 1 is 1.24 bits per heavy atom. The Hall–Kier alpha value is -1.75. The van der Waals surface area contributed by atoms with Crippen molar-refractivity contribution in [2.24, 2.45) is 13.0 Å². The molecule has 0 fully saturated rings. The lowest BCUT2D eigenvalue weighted by Crippen LogP contribution is -2.31. The summed E-state index contributed by atoms with van der Waals surface area (Å²) in [5, 5.41) is 7.54. The molecule has 1 N–H and O–H groups in total. The van der Waals surface area contributed by atoms with Gasteiger partial charge in [-0.2, -0.15) is 5.10 Å². The SMILES string of the molecule is CC(C)NCC(Cc1ccccc1F)Cc1ncnn1C. The second-order valence-electron chi connectivity index (χ2n) is 5.73. The molecule has 0 bridgehead atoms. The van der Waals surface area contributed by atoms with E-state index in [4.69, 9.17) is 0 Å². The van der Waals surface area contributed by atoms with Crippen molar-refractivity contribution >= 4 is 0 Å². The molecule has 0 amide bonds. The Morgan fingerprint density at radius 2 is 2.00 bits per heavy atom. The van der Waals surface area contributed by atoms with Crippen molar-refractivity contribution in [2.45, 2.75) is 32.7 Å². The fourth-order valence-corrected chi connectivity index (χ4v) is 2.36. The molecule has 4 nitrogen and oxygen atoms in total. The van der Waals surface area contributed by atoms with Crippen LogP contribution < -0.4 is 5.32 Å². The summed E-state index contributed by atoms with van der Waals surface area (Å²) >= 11 is 0. The third kappa shape index (κ3) is 4.63. The van der Waals surface area contributed by atoms with E-state index < -0.39 is 0 Å². The zero-order valence-corrected chi connectivity index (χ0v) is 12.9. The van der Waals surface area contributed by atoms with Gasteiger partial charge in [-0.1, -0.05) is 32.0 Å². The van der Waals surface area contributed by atoms with Crippen LogP contribution in [0.25, 0.3) is 0 Å². The number of nitrogens with zero attached hydrogens (tertiary/aromatic N) is 3. The number of nitrogens with one attached hydrogen (secondary N) is 1. The van der Waals surface area contributed by atoms with Gasteiger partial charge < -0.3 is 5.32 Å². The minimum absolute atomic E-state index is 0.134. The number of benzene rings is 1. The first-order valence-electron chi connectivity index (χ1n) is 7.36. The normalized spacial score (nSPS) is 12.8. The first-order valence-corrected chi connectivity index (χ1v) is 7.36. The summed E-state index contributed by atoms with van der Waals surface area (Å²) in [6.07, 6.45) is 3.04. The van der Waals surface area contributed by atoms with Gasteiger partial charge in [-0.15, -0.1) is 0 Å². The molecule has 0 saturated carbocycles. The van der Waals surface area contributed by atoms with Crippen LogP contribution in [0.3, 0.4) is 0 Å². The Morgan fingerprint density at radius 3 is 2.62 bits per heavy atom. The van der Waals surface area contributed by atoms with Crippen LogP contribution in [-0.2, 0) is 19.9 Å². The molecule has 21 heavy (non-hydrogen) atoms. The lowest BCUT2D eigenvalue weighted by molar-refractivity contribution is 0.425. The number of rotatable bonds is 7. The van der Waals surface area contributed by atoms with Gasteiger partial charge in [0.1, 0.15) is 18.0 Å². The highest BCUT2D eigenvalue weighted by Gasteiger charge is 2.16. The van der Waals surface area contributed by atoms with Gasteiger partial charge in [-0.3, -0.25) is 4.68 Å². The van der Waals surface area contributed by atoms with Crippen molar-refractivity contribution in [2.75, 3.05) is 6.54 Å². The molecular weight excluding hydrogens is 267 g/mol. The van der Waals surface area contributed by atoms with Crippen LogP contribution in [0.4, 0.5) is 4.39 Å². The zero-order valence-electron chi connectivity index (χ0n) is 12.9. The lowest BCUT2D eigenvalue weighted by Gasteiger charge is -2.19. The molecule has 5 heteroatoms. The van der Waals surface area contributed by atoms with E-state index in [1.165, 1.54) is 6.07 Å². The fraction of sp³-hybridized carbons (Fsp3) is 0.500. The summed E-state index contributed by atoms with van der Waals surface area (Å²) in [6, 6.07) is 7.39. The van der Waals surface area contributed by atoms with Gasteiger partial charge in [-0.05, 0) is 30.5 Å². The third-order valence-corrected chi connectivity index (χ3v) is 3.56. The Balaban J connectivity index is 2.08. The average Bonchev–Trinajstić information content (AvgIpc) is 2.84. The number of halogens is 1. The summed E-state index contributed by atoms with van der Waals surface area (Å²) in [5.74, 6) is 1.08. The van der Waals surface area contributed by atoms with Gasteiger partial charge in [0.05, 0.1) is 0 Å². The molecular formula is C16H23FN4. The fourth-order valence-electron chi connectivity index (χ4n) is 2.36. The number of hydrogen-bond donors (Lipinski definition) is 1. The highest BCUT2D eigenvalue weighted by atomic mass is 19.1. The Labute approximate surface area is 125 Å². The molecule has 0 spiro atoms. The van der Waals surface area contributed by atoms with E-state index in [1.807, 2.05) is 19.2 Å². The molecule has 1 aromatic carbocycles. The quantitative estimate of drug-likeness (QED) is 0.851. The molecule has 2 aromatic rings. The molecule has 114 valence electrons. The standard InChI is InChI=1S/C16H23FN4/c1-12(2)18-10-13(9-16-19-11-20-21(16)3)8-14-6-4-5-7-15(14)17/h4-7,11-13,18H,8-10H2,1-3H3. The van der Waals surface area contributed by atoms with Gasteiger partial charge in [0.25, 0.3) is 0 Å². The number of hydrogen-bond acceptors (Lipinski definition) is 3. The van der Waals surface area contributed by atoms with Crippen LogP contribution in [0.15, 0.2) is 30.6 Å². The van der Waals surface area contributed by atoms with Gasteiger partial charge in [-0.25, -0.2) is 9.37 Å². The molecule has 0 radical (unpaired) electrons. The minimum atomic E-state index is -0.134. The third-order valence-electron chi connectivity index (χ3n) is 3.56. The molecule has 0 aliphatic carbocycles. The van der Waals surface area contributed by atoms with Gasteiger partial charge in [0.2, 0.25) is 0 Å². The van der Waals surface area contributed by atoms with Gasteiger partial charge in [0, 0.05) is 19.5 Å². The van der Waals surface area contributed by atoms with Crippen molar-refractivity contribution in [3.63, 3.8) is 0 Å². The van der Waals surface area contributed by atoms with Gasteiger partial charge >= 0.3 is 0 Å². The van der Waals surface area contributed by atoms with E-state index >= 15 is 0 Å². The van der Waals surface area contributed by atoms with Gasteiger partial charge in [0.15, 0.2) is 0 Å². The summed E-state index contributed by atoms with van der Waals surface area (Å²) in [4.78, 5) is 4.28. The molecule has 0 aliphatic rings. The minimum Gasteiger partial charge on any atom is -0.314 e. The van der Waals surface area contributed by atoms with Crippen LogP contribution in [-0.4, -0.2) is 27.4 Å². The van der Waals surface area contributed by atoms with Crippen molar-refractivity contribution < 1.29 is 4.39 Å². The number of aryl methyl sites for hydroxylation is 1. The van der Waals surface area contributed by atoms with Crippen molar-refractivity contribution in [1.29, 1.82) is 0 Å². The molecule has 1 heterocycles. The van der Waals surface area contributed by atoms with E-state index in [2.05, 4.69) is 29.2 Å². The van der Waals surface area contributed by atoms with Crippen molar-refractivity contribution in [1.82, 2.24) is 20.1 Å². The molecule has 1 atom stereocenters. The summed E-state index contributed by atoms with van der Waals surface area (Å²) in [7, 11) is 1.89. The van der Waals surface area contributed by atoms with Crippen LogP contribution in [0.5, 0.6) is 0 Å². The number of aromatic nitrogens is 3.